The minimum absolute atomic E-state index is 0.0857. The fraction of sp³-hybridized carbons (Fsp3) is 0.429. The molecule has 1 unspecified atom stereocenters. The van der Waals surface area contributed by atoms with Gasteiger partial charge in [0.2, 0.25) is 11.8 Å². The van der Waals surface area contributed by atoms with Crippen molar-refractivity contribution in [3.8, 4) is 5.88 Å². The zero-order valence-corrected chi connectivity index (χ0v) is 17.8. The topological polar surface area (TPSA) is 84.4 Å². The number of nitrogens with one attached hydrogen (secondary N) is 1. The highest BCUT2D eigenvalue weighted by atomic mass is 35.5. The maximum atomic E-state index is 13.0. The second-order valence-electron chi connectivity index (χ2n) is 7.95. The van der Waals surface area contributed by atoms with Crippen LogP contribution >= 0.6 is 11.6 Å². The van der Waals surface area contributed by atoms with Crippen molar-refractivity contribution in [2.45, 2.75) is 44.9 Å². The van der Waals surface area contributed by atoms with Crippen molar-refractivity contribution >= 4 is 29.2 Å². The molecule has 0 aromatic carbocycles. The van der Waals surface area contributed by atoms with Crippen LogP contribution in [-0.2, 0) is 11.3 Å². The molecular formula is C21H20ClF3N4O3. The molecule has 2 aliphatic rings. The second-order valence-corrected chi connectivity index (χ2v) is 8.36. The first kappa shape index (κ1) is 22.3. The van der Waals surface area contributed by atoms with Gasteiger partial charge in [0.05, 0.1) is 12.6 Å². The summed E-state index contributed by atoms with van der Waals surface area (Å²) < 4.78 is 41.7. The van der Waals surface area contributed by atoms with Crippen LogP contribution in [0.4, 0.5) is 19.0 Å². The van der Waals surface area contributed by atoms with Gasteiger partial charge >= 0.3 is 6.18 Å². The van der Waals surface area contributed by atoms with Gasteiger partial charge < -0.3 is 15.0 Å². The highest BCUT2D eigenvalue weighted by Crippen LogP contribution is 2.36. The molecule has 170 valence electrons. The van der Waals surface area contributed by atoms with Gasteiger partial charge in [-0.1, -0.05) is 11.6 Å². The minimum Gasteiger partial charge on any atom is -0.467 e. The molecule has 1 aliphatic heterocycles. The number of anilines is 1. The molecule has 11 heteroatoms. The number of carbonyl (C=O) groups is 2. The summed E-state index contributed by atoms with van der Waals surface area (Å²) in [5, 5.41) is 2.72. The molecule has 2 aromatic rings. The van der Waals surface area contributed by atoms with Crippen LogP contribution in [0.15, 0.2) is 24.5 Å². The first-order chi connectivity index (χ1) is 15.1. The number of aromatic nitrogens is 2. The summed E-state index contributed by atoms with van der Waals surface area (Å²) in [6, 6.07) is 2.55. The number of halogens is 4. The van der Waals surface area contributed by atoms with Gasteiger partial charge in [-0.15, -0.1) is 0 Å². The summed E-state index contributed by atoms with van der Waals surface area (Å²) in [6.07, 6.45) is 0.830. The SMILES string of the molecule is CC(c1cnc(OCC(F)(F)F)c(Cl)c1)N1Cc2c(ccnc2NC(=O)CC2CC2)C1=O. The standard InChI is InChI=1S/C21H20ClF3N4O3/c1-11(13-7-16(22)19(27-8-13)32-10-21(23,24)25)29-9-15-14(20(29)31)4-5-26-18(15)28-17(30)6-12-2-3-12/h4-5,7-8,11-12H,2-3,6,9-10H2,1H3,(H,26,28,30). The van der Waals surface area contributed by atoms with Crippen LogP contribution in [-0.4, -0.2) is 39.5 Å². The normalized spacial score (nSPS) is 16.7. The van der Waals surface area contributed by atoms with E-state index < -0.39 is 18.8 Å². The van der Waals surface area contributed by atoms with E-state index in [9.17, 15) is 22.8 Å². The number of nitrogens with zero attached hydrogens (tertiary/aromatic N) is 3. The van der Waals surface area contributed by atoms with Gasteiger partial charge in [0.15, 0.2) is 6.61 Å². The molecule has 4 rings (SSSR count). The van der Waals surface area contributed by atoms with Crippen LogP contribution in [0.5, 0.6) is 5.88 Å². The van der Waals surface area contributed by atoms with Gasteiger partial charge in [-0.25, -0.2) is 9.97 Å². The number of hydrogen-bond acceptors (Lipinski definition) is 5. The van der Waals surface area contributed by atoms with Crippen molar-refractivity contribution in [3.63, 3.8) is 0 Å². The van der Waals surface area contributed by atoms with Crippen molar-refractivity contribution in [1.82, 2.24) is 14.9 Å². The highest BCUT2D eigenvalue weighted by Gasteiger charge is 2.35. The smallest absolute Gasteiger partial charge is 0.422 e. The van der Waals surface area contributed by atoms with Gasteiger partial charge in [0, 0.05) is 29.9 Å². The lowest BCUT2D eigenvalue weighted by molar-refractivity contribution is -0.154. The number of alkyl halides is 3. The maximum absolute atomic E-state index is 13.0. The van der Waals surface area contributed by atoms with E-state index in [0.717, 1.165) is 12.8 Å². The third-order valence-electron chi connectivity index (χ3n) is 5.46. The van der Waals surface area contributed by atoms with Gasteiger partial charge in [-0.3, -0.25) is 9.59 Å². The predicted molar refractivity (Wildman–Crippen MR) is 109 cm³/mol. The fourth-order valence-corrected chi connectivity index (χ4v) is 3.77. The van der Waals surface area contributed by atoms with Crippen molar-refractivity contribution in [3.05, 3.63) is 46.2 Å². The molecule has 1 atom stereocenters. The number of fused-ring (bicyclic) bond motifs is 1. The number of amides is 2. The van der Waals surface area contributed by atoms with E-state index in [1.54, 1.807) is 17.9 Å². The van der Waals surface area contributed by atoms with Gasteiger partial charge in [0.1, 0.15) is 10.8 Å². The van der Waals surface area contributed by atoms with Crippen molar-refractivity contribution in [2.24, 2.45) is 5.92 Å². The number of ether oxygens (including phenoxy) is 1. The van der Waals surface area contributed by atoms with Crippen molar-refractivity contribution in [1.29, 1.82) is 0 Å². The summed E-state index contributed by atoms with van der Waals surface area (Å²) in [4.78, 5) is 34.9. The predicted octanol–water partition coefficient (Wildman–Crippen LogP) is 4.53. The number of rotatable bonds is 7. The van der Waals surface area contributed by atoms with E-state index in [4.69, 9.17) is 11.6 Å². The summed E-state index contributed by atoms with van der Waals surface area (Å²) >= 11 is 6.05. The highest BCUT2D eigenvalue weighted by molar-refractivity contribution is 6.31. The molecule has 32 heavy (non-hydrogen) atoms. The van der Waals surface area contributed by atoms with E-state index in [2.05, 4.69) is 20.0 Å². The first-order valence-corrected chi connectivity index (χ1v) is 10.4. The fourth-order valence-electron chi connectivity index (χ4n) is 3.54. The lowest BCUT2D eigenvalue weighted by Crippen LogP contribution is -2.27. The third kappa shape index (κ3) is 4.95. The Morgan fingerprint density at radius 2 is 2.12 bits per heavy atom. The van der Waals surface area contributed by atoms with E-state index in [1.165, 1.54) is 18.5 Å². The van der Waals surface area contributed by atoms with E-state index in [0.29, 0.717) is 34.8 Å². The Morgan fingerprint density at radius 3 is 2.78 bits per heavy atom. The molecule has 1 N–H and O–H groups in total. The van der Waals surface area contributed by atoms with Gasteiger partial charge in [-0.05, 0) is 43.4 Å². The second kappa shape index (κ2) is 8.57. The molecular weight excluding hydrogens is 449 g/mol. The molecule has 0 bridgehead atoms. The summed E-state index contributed by atoms with van der Waals surface area (Å²) in [7, 11) is 0. The molecule has 1 aliphatic carbocycles. The number of carbonyl (C=O) groups excluding carboxylic acids is 2. The van der Waals surface area contributed by atoms with Crippen molar-refractivity contribution in [2.75, 3.05) is 11.9 Å². The molecule has 1 fully saturated rings. The quantitative estimate of drug-likeness (QED) is 0.645. The van der Waals surface area contributed by atoms with E-state index in [1.807, 2.05) is 0 Å². The van der Waals surface area contributed by atoms with Crippen LogP contribution in [0, 0.1) is 5.92 Å². The van der Waals surface area contributed by atoms with Gasteiger partial charge in [-0.2, -0.15) is 13.2 Å². The monoisotopic (exact) mass is 468 g/mol. The van der Waals surface area contributed by atoms with Crippen LogP contribution in [0.25, 0.3) is 0 Å². The minimum atomic E-state index is -4.51. The van der Waals surface area contributed by atoms with Crippen LogP contribution < -0.4 is 10.1 Å². The molecule has 0 radical (unpaired) electrons. The Hall–Kier alpha value is -2.88. The van der Waals surface area contributed by atoms with E-state index >= 15 is 0 Å². The molecule has 2 aromatic heterocycles. The first-order valence-electron chi connectivity index (χ1n) is 10.1. The Bertz CT molecular complexity index is 1060. The van der Waals surface area contributed by atoms with Gasteiger partial charge in [0.25, 0.3) is 5.91 Å². The Morgan fingerprint density at radius 1 is 1.38 bits per heavy atom. The molecule has 2 amide bonds. The largest absolute Gasteiger partial charge is 0.467 e. The van der Waals surface area contributed by atoms with Crippen LogP contribution in [0.1, 0.15) is 53.7 Å². The average Bonchev–Trinajstić information content (AvgIpc) is 3.47. The lowest BCUT2D eigenvalue weighted by Gasteiger charge is -2.25. The number of hydrogen-bond donors (Lipinski definition) is 1. The summed E-state index contributed by atoms with van der Waals surface area (Å²) in [5.41, 5.74) is 1.60. The average molecular weight is 469 g/mol. The van der Waals surface area contributed by atoms with Crippen LogP contribution in [0.3, 0.4) is 0 Å². The van der Waals surface area contributed by atoms with Crippen molar-refractivity contribution < 1.29 is 27.5 Å². The molecule has 0 saturated heterocycles. The Labute approximate surface area is 186 Å². The zero-order valence-electron chi connectivity index (χ0n) is 17.1. The Kier molecular flexibility index (Phi) is 5.98. The van der Waals surface area contributed by atoms with Crippen LogP contribution in [0.2, 0.25) is 5.02 Å². The molecule has 1 saturated carbocycles. The molecule has 0 spiro atoms. The Balaban J connectivity index is 1.49. The van der Waals surface area contributed by atoms with E-state index in [-0.39, 0.29) is 29.3 Å². The molecule has 3 heterocycles. The summed E-state index contributed by atoms with van der Waals surface area (Å²) in [5.74, 6) is 0.0771. The lowest BCUT2D eigenvalue weighted by atomic mass is 10.1. The number of pyridine rings is 2. The third-order valence-corrected chi connectivity index (χ3v) is 5.73. The maximum Gasteiger partial charge on any atom is 0.422 e. The zero-order chi connectivity index (χ0) is 23.0. The summed E-state index contributed by atoms with van der Waals surface area (Å²) in [6.45, 7) is 0.467. The molecule has 7 nitrogen and oxygen atoms in total.